The highest BCUT2D eigenvalue weighted by molar-refractivity contribution is 6.30. The van der Waals surface area contributed by atoms with Crippen LogP contribution >= 0.6 is 11.6 Å². The van der Waals surface area contributed by atoms with Crippen molar-refractivity contribution >= 4 is 17.3 Å². The second-order valence-electron chi connectivity index (χ2n) is 4.22. The SMILES string of the molecule is C[C@H]1C[C@@H](C[N+](=O)[O-])c2cc(Cl)ccc2N1. The van der Waals surface area contributed by atoms with Gasteiger partial charge in [0.2, 0.25) is 6.54 Å². The molecule has 16 heavy (non-hydrogen) atoms. The summed E-state index contributed by atoms with van der Waals surface area (Å²) in [7, 11) is 0. The zero-order valence-corrected chi connectivity index (χ0v) is 9.70. The van der Waals surface area contributed by atoms with Gasteiger partial charge in [-0.2, -0.15) is 0 Å². The first-order chi connectivity index (χ1) is 7.56. The van der Waals surface area contributed by atoms with Crippen molar-refractivity contribution in [2.75, 3.05) is 11.9 Å². The van der Waals surface area contributed by atoms with Crippen LogP contribution < -0.4 is 5.32 Å². The Hall–Kier alpha value is -1.29. The number of nitro groups is 1. The second-order valence-corrected chi connectivity index (χ2v) is 4.66. The van der Waals surface area contributed by atoms with Gasteiger partial charge in [0.15, 0.2) is 0 Å². The van der Waals surface area contributed by atoms with Crippen LogP contribution in [0.1, 0.15) is 24.8 Å². The molecular weight excluding hydrogens is 228 g/mol. The second kappa shape index (κ2) is 4.29. The first-order valence-corrected chi connectivity index (χ1v) is 5.62. The Labute approximate surface area is 98.8 Å². The third-order valence-electron chi connectivity index (χ3n) is 2.86. The normalized spacial score (nSPS) is 23.4. The third-order valence-corrected chi connectivity index (χ3v) is 3.10. The van der Waals surface area contributed by atoms with Gasteiger partial charge in [-0.25, -0.2) is 0 Å². The molecule has 1 N–H and O–H groups in total. The van der Waals surface area contributed by atoms with Gasteiger partial charge < -0.3 is 5.32 Å². The van der Waals surface area contributed by atoms with Crippen LogP contribution in [0.15, 0.2) is 18.2 Å². The molecule has 0 aliphatic carbocycles. The maximum absolute atomic E-state index is 10.6. The predicted molar refractivity (Wildman–Crippen MR) is 63.8 cm³/mol. The molecule has 0 radical (unpaired) electrons. The summed E-state index contributed by atoms with van der Waals surface area (Å²) in [6.07, 6.45) is 0.772. The fourth-order valence-electron chi connectivity index (χ4n) is 2.23. The largest absolute Gasteiger partial charge is 0.382 e. The van der Waals surface area contributed by atoms with Gasteiger partial charge in [-0.05, 0) is 37.1 Å². The monoisotopic (exact) mass is 240 g/mol. The van der Waals surface area contributed by atoms with E-state index < -0.39 is 0 Å². The molecule has 2 atom stereocenters. The Morgan fingerprint density at radius 2 is 2.38 bits per heavy atom. The number of rotatable bonds is 2. The van der Waals surface area contributed by atoms with E-state index in [1.807, 2.05) is 19.1 Å². The van der Waals surface area contributed by atoms with Crippen LogP contribution in [0.2, 0.25) is 5.02 Å². The standard InChI is InChI=1S/C11H13ClN2O2/c1-7-4-8(6-14(15)16)10-5-9(12)2-3-11(10)13-7/h2-3,5,7-8,13H,4,6H2,1H3/t7-,8-/m0/s1. The lowest BCUT2D eigenvalue weighted by Gasteiger charge is -2.29. The van der Waals surface area contributed by atoms with Gasteiger partial charge in [-0.15, -0.1) is 0 Å². The molecule has 1 aromatic carbocycles. The van der Waals surface area contributed by atoms with Crippen LogP contribution in [-0.2, 0) is 0 Å². The number of hydrogen-bond donors (Lipinski definition) is 1. The summed E-state index contributed by atoms with van der Waals surface area (Å²) in [5, 5.41) is 14.6. The Morgan fingerprint density at radius 1 is 1.62 bits per heavy atom. The Morgan fingerprint density at radius 3 is 3.06 bits per heavy atom. The van der Waals surface area contributed by atoms with E-state index in [1.54, 1.807) is 6.07 Å². The first kappa shape index (κ1) is 11.2. The van der Waals surface area contributed by atoms with Crippen molar-refractivity contribution in [2.45, 2.75) is 25.3 Å². The molecule has 2 rings (SSSR count). The zero-order valence-electron chi connectivity index (χ0n) is 8.94. The molecule has 0 amide bonds. The maximum atomic E-state index is 10.6. The molecule has 1 aliphatic heterocycles. The van der Waals surface area contributed by atoms with Gasteiger partial charge in [0.1, 0.15) is 0 Å². The zero-order chi connectivity index (χ0) is 11.7. The van der Waals surface area contributed by atoms with Crippen molar-refractivity contribution < 1.29 is 4.92 Å². The summed E-state index contributed by atoms with van der Waals surface area (Å²) in [4.78, 5) is 10.4. The van der Waals surface area contributed by atoms with E-state index >= 15 is 0 Å². The molecule has 86 valence electrons. The van der Waals surface area contributed by atoms with Gasteiger partial charge in [-0.3, -0.25) is 10.1 Å². The van der Waals surface area contributed by atoms with E-state index in [-0.39, 0.29) is 23.4 Å². The predicted octanol–water partition coefficient (Wildman–Crippen LogP) is 2.90. The number of anilines is 1. The van der Waals surface area contributed by atoms with Crippen molar-refractivity contribution in [1.82, 2.24) is 0 Å². The summed E-state index contributed by atoms with van der Waals surface area (Å²) in [5.74, 6) is -0.0417. The molecule has 0 aromatic heterocycles. The van der Waals surface area contributed by atoms with Gasteiger partial charge in [0.05, 0.1) is 5.92 Å². The molecule has 1 heterocycles. The minimum Gasteiger partial charge on any atom is -0.382 e. The molecule has 5 heteroatoms. The number of benzene rings is 1. The number of hydrogen-bond acceptors (Lipinski definition) is 3. The summed E-state index contributed by atoms with van der Waals surface area (Å²) >= 11 is 5.92. The van der Waals surface area contributed by atoms with Crippen molar-refractivity contribution in [3.63, 3.8) is 0 Å². The van der Waals surface area contributed by atoms with Crippen molar-refractivity contribution in [3.8, 4) is 0 Å². The Kier molecular flexibility index (Phi) is 3.01. The molecule has 0 unspecified atom stereocenters. The lowest BCUT2D eigenvalue weighted by molar-refractivity contribution is -0.483. The van der Waals surface area contributed by atoms with Crippen LogP contribution in [0.4, 0.5) is 5.69 Å². The molecule has 0 spiro atoms. The molecular formula is C11H13ClN2O2. The number of fused-ring (bicyclic) bond motifs is 1. The maximum Gasteiger partial charge on any atom is 0.210 e. The van der Waals surface area contributed by atoms with Crippen LogP contribution in [-0.4, -0.2) is 17.5 Å². The molecule has 1 aromatic rings. The van der Waals surface area contributed by atoms with Crippen LogP contribution in [0, 0.1) is 10.1 Å². The minimum atomic E-state index is -0.257. The van der Waals surface area contributed by atoms with Gasteiger partial charge in [0.25, 0.3) is 0 Å². The third kappa shape index (κ3) is 2.27. The summed E-state index contributed by atoms with van der Waals surface area (Å²) < 4.78 is 0. The number of halogens is 1. The van der Waals surface area contributed by atoms with E-state index in [4.69, 9.17) is 11.6 Å². The van der Waals surface area contributed by atoms with Gasteiger partial charge in [0, 0.05) is 21.7 Å². The van der Waals surface area contributed by atoms with Crippen LogP contribution in [0.5, 0.6) is 0 Å². The van der Waals surface area contributed by atoms with Crippen LogP contribution in [0.25, 0.3) is 0 Å². The van der Waals surface area contributed by atoms with Gasteiger partial charge >= 0.3 is 0 Å². The van der Waals surface area contributed by atoms with E-state index in [1.165, 1.54) is 0 Å². The van der Waals surface area contributed by atoms with Crippen molar-refractivity contribution in [3.05, 3.63) is 38.9 Å². The summed E-state index contributed by atoms with van der Waals surface area (Å²) in [6, 6.07) is 5.78. The lowest BCUT2D eigenvalue weighted by Crippen LogP contribution is -2.28. The molecule has 0 saturated carbocycles. The Bertz CT molecular complexity index is 422. The molecule has 1 aliphatic rings. The topological polar surface area (TPSA) is 55.2 Å². The molecule has 0 bridgehead atoms. The van der Waals surface area contributed by atoms with Crippen molar-refractivity contribution in [1.29, 1.82) is 0 Å². The highest BCUT2D eigenvalue weighted by atomic mass is 35.5. The fraction of sp³-hybridized carbons (Fsp3) is 0.455. The smallest absolute Gasteiger partial charge is 0.210 e. The molecule has 0 fully saturated rings. The van der Waals surface area contributed by atoms with E-state index in [9.17, 15) is 10.1 Å². The molecule has 0 saturated heterocycles. The average Bonchev–Trinajstić information content (AvgIpc) is 2.18. The number of nitrogens with one attached hydrogen (secondary N) is 1. The quantitative estimate of drug-likeness (QED) is 0.639. The molecule has 4 nitrogen and oxygen atoms in total. The lowest BCUT2D eigenvalue weighted by atomic mass is 9.87. The first-order valence-electron chi connectivity index (χ1n) is 5.24. The minimum absolute atomic E-state index is 0.0284. The highest BCUT2D eigenvalue weighted by Gasteiger charge is 2.27. The average molecular weight is 241 g/mol. The van der Waals surface area contributed by atoms with E-state index in [0.717, 1.165) is 17.7 Å². The number of nitrogens with zero attached hydrogens (tertiary/aromatic N) is 1. The van der Waals surface area contributed by atoms with E-state index in [0.29, 0.717) is 5.02 Å². The summed E-state index contributed by atoms with van der Waals surface area (Å²) in [5.41, 5.74) is 1.93. The Balaban J connectivity index is 2.35. The fourth-order valence-corrected chi connectivity index (χ4v) is 2.41. The van der Waals surface area contributed by atoms with Crippen molar-refractivity contribution in [2.24, 2.45) is 0 Å². The van der Waals surface area contributed by atoms with E-state index in [2.05, 4.69) is 5.32 Å². The highest BCUT2D eigenvalue weighted by Crippen LogP contribution is 2.35. The van der Waals surface area contributed by atoms with Crippen LogP contribution in [0.3, 0.4) is 0 Å². The summed E-state index contributed by atoms with van der Waals surface area (Å²) in [6.45, 7) is 2.00. The van der Waals surface area contributed by atoms with Gasteiger partial charge in [-0.1, -0.05) is 11.6 Å².